The topological polar surface area (TPSA) is 78.6 Å². The quantitative estimate of drug-likeness (QED) is 0.415. The van der Waals surface area contributed by atoms with E-state index in [2.05, 4.69) is 9.72 Å². The van der Waals surface area contributed by atoms with Crippen LogP contribution in [0, 0.1) is 6.92 Å². The minimum Gasteiger partial charge on any atom is -0.457 e. The third-order valence-corrected chi connectivity index (χ3v) is 3.91. The maximum absolute atomic E-state index is 12.5. The Bertz CT molecular complexity index is 1000. The van der Waals surface area contributed by atoms with Crippen molar-refractivity contribution in [3.63, 3.8) is 0 Å². The first-order valence-electron chi connectivity index (χ1n) is 8.66. The average Bonchev–Trinajstić information content (AvgIpc) is 3.16. The molecule has 1 aromatic heterocycles. The van der Waals surface area contributed by atoms with Gasteiger partial charge < -0.3 is 13.9 Å². The van der Waals surface area contributed by atoms with Crippen LogP contribution in [-0.4, -0.2) is 30.0 Å². The van der Waals surface area contributed by atoms with E-state index in [1.807, 2.05) is 30.3 Å². The standard InChI is InChI=1S/C21H17F2NO5/c1-13-7-8-18(29-21(22)23)16(9-13)17(25)12-27-19(26)10-15-11-28-20(24-15)14-5-3-2-4-6-14/h2-9,11,21H,10,12H2,1H3. The van der Waals surface area contributed by atoms with Crippen LogP contribution in [0.15, 0.2) is 59.2 Å². The zero-order chi connectivity index (χ0) is 20.8. The Hall–Kier alpha value is -3.55. The summed E-state index contributed by atoms with van der Waals surface area (Å²) in [7, 11) is 0. The number of carbonyl (C=O) groups excluding carboxylic acids is 2. The van der Waals surface area contributed by atoms with Gasteiger partial charge in [-0.1, -0.05) is 29.8 Å². The van der Waals surface area contributed by atoms with Gasteiger partial charge in [0.05, 0.1) is 17.7 Å². The fraction of sp³-hybridized carbons (Fsp3) is 0.190. The third-order valence-electron chi connectivity index (χ3n) is 3.91. The zero-order valence-electron chi connectivity index (χ0n) is 15.4. The number of esters is 1. The molecular weight excluding hydrogens is 384 g/mol. The number of nitrogens with zero attached hydrogens (tertiary/aromatic N) is 1. The van der Waals surface area contributed by atoms with Gasteiger partial charge in [-0.3, -0.25) is 9.59 Å². The molecule has 0 fully saturated rings. The van der Waals surface area contributed by atoms with Gasteiger partial charge in [-0.05, 0) is 31.2 Å². The minimum atomic E-state index is -3.07. The molecular formula is C21H17F2NO5. The number of rotatable bonds is 8. The molecule has 0 saturated heterocycles. The molecule has 0 aliphatic carbocycles. The Kier molecular flexibility index (Phi) is 6.33. The highest BCUT2D eigenvalue weighted by molar-refractivity contribution is 6.00. The van der Waals surface area contributed by atoms with Crippen molar-refractivity contribution in [2.45, 2.75) is 20.0 Å². The monoisotopic (exact) mass is 401 g/mol. The second-order valence-electron chi connectivity index (χ2n) is 6.15. The first-order chi connectivity index (χ1) is 13.9. The number of aryl methyl sites for hydroxylation is 1. The summed E-state index contributed by atoms with van der Waals surface area (Å²) in [4.78, 5) is 28.5. The Morgan fingerprint density at radius 3 is 2.62 bits per heavy atom. The van der Waals surface area contributed by atoms with Crippen LogP contribution in [-0.2, 0) is 16.0 Å². The number of hydrogen-bond acceptors (Lipinski definition) is 6. The Labute approximate surface area is 165 Å². The summed E-state index contributed by atoms with van der Waals surface area (Å²) in [6.07, 6.45) is 1.14. The highest BCUT2D eigenvalue weighted by Crippen LogP contribution is 2.23. The number of hydrogen-bond donors (Lipinski definition) is 0. The third kappa shape index (κ3) is 5.47. The van der Waals surface area contributed by atoms with Gasteiger partial charge in [0.25, 0.3) is 0 Å². The SMILES string of the molecule is Cc1ccc(OC(F)F)c(C(=O)COC(=O)Cc2coc(-c3ccccc3)n2)c1. The molecule has 2 aromatic carbocycles. The summed E-state index contributed by atoms with van der Waals surface area (Å²) in [5, 5.41) is 0. The molecule has 0 bridgehead atoms. The van der Waals surface area contributed by atoms with Crippen molar-refractivity contribution in [3.05, 3.63) is 71.6 Å². The normalized spacial score (nSPS) is 10.8. The number of benzene rings is 2. The van der Waals surface area contributed by atoms with Crippen molar-refractivity contribution in [2.75, 3.05) is 6.61 Å². The largest absolute Gasteiger partial charge is 0.457 e. The number of halogens is 2. The molecule has 0 unspecified atom stereocenters. The van der Waals surface area contributed by atoms with Crippen LogP contribution in [0.4, 0.5) is 8.78 Å². The van der Waals surface area contributed by atoms with Crippen molar-refractivity contribution in [2.24, 2.45) is 0 Å². The van der Waals surface area contributed by atoms with Gasteiger partial charge in [-0.2, -0.15) is 8.78 Å². The van der Waals surface area contributed by atoms with Gasteiger partial charge in [0.15, 0.2) is 6.61 Å². The van der Waals surface area contributed by atoms with E-state index in [0.29, 0.717) is 17.1 Å². The second-order valence-corrected chi connectivity index (χ2v) is 6.15. The summed E-state index contributed by atoms with van der Waals surface area (Å²) in [5.41, 5.74) is 1.70. The summed E-state index contributed by atoms with van der Waals surface area (Å²) < 4.78 is 39.7. The molecule has 3 aromatic rings. The average molecular weight is 401 g/mol. The minimum absolute atomic E-state index is 0.0779. The molecule has 0 spiro atoms. The molecule has 0 N–H and O–H groups in total. The summed E-state index contributed by atoms with van der Waals surface area (Å²) in [6.45, 7) is -1.98. The highest BCUT2D eigenvalue weighted by Gasteiger charge is 2.18. The van der Waals surface area contributed by atoms with Crippen LogP contribution in [0.1, 0.15) is 21.6 Å². The van der Waals surface area contributed by atoms with Gasteiger partial charge >= 0.3 is 12.6 Å². The Morgan fingerprint density at radius 1 is 1.14 bits per heavy atom. The van der Waals surface area contributed by atoms with Gasteiger partial charge in [0.2, 0.25) is 11.7 Å². The number of ether oxygens (including phenoxy) is 2. The summed E-state index contributed by atoms with van der Waals surface area (Å²) >= 11 is 0. The first-order valence-corrected chi connectivity index (χ1v) is 8.66. The van der Waals surface area contributed by atoms with Crippen molar-refractivity contribution >= 4 is 11.8 Å². The van der Waals surface area contributed by atoms with E-state index in [-0.39, 0.29) is 17.7 Å². The van der Waals surface area contributed by atoms with Gasteiger partial charge in [-0.15, -0.1) is 0 Å². The number of Topliss-reactive ketones (excluding diaryl/α,β-unsaturated/α-hetero) is 1. The lowest BCUT2D eigenvalue weighted by Gasteiger charge is -2.11. The molecule has 8 heteroatoms. The molecule has 0 radical (unpaired) electrons. The van der Waals surface area contributed by atoms with Crippen molar-refractivity contribution < 1.29 is 32.3 Å². The van der Waals surface area contributed by atoms with Gasteiger partial charge in [0, 0.05) is 5.56 Å². The summed E-state index contributed by atoms with van der Waals surface area (Å²) in [5.74, 6) is -1.26. The lowest BCUT2D eigenvalue weighted by atomic mass is 10.1. The second kappa shape index (κ2) is 9.09. The van der Waals surface area contributed by atoms with Gasteiger partial charge in [0.1, 0.15) is 12.0 Å². The van der Waals surface area contributed by atoms with E-state index in [4.69, 9.17) is 9.15 Å². The number of carbonyl (C=O) groups is 2. The fourth-order valence-corrected chi connectivity index (χ4v) is 2.58. The molecule has 6 nitrogen and oxygen atoms in total. The molecule has 0 aliphatic heterocycles. The molecule has 29 heavy (non-hydrogen) atoms. The Morgan fingerprint density at radius 2 is 1.90 bits per heavy atom. The number of alkyl halides is 2. The molecule has 0 atom stereocenters. The van der Waals surface area contributed by atoms with Crippen molar-refractivity contribution in [1.29, 1.82) is 0 Å². The van der Waals surface area contributed by atoms with Crippen LogP contribution in [0.2, 0.25) is 0 Å². The number of ketones is 1. The van der Waals surface area contributed by atoms with Crippen LogP contribution >= 0.6 is 0 Å². The number of oxazole rings is 1. The molecule has 150 valence electrons. The highest BCUT2D eigenvalue weighted by atomic mass is 19.3. The molecule has 0 aliphatic rings. The fourth-order valence-electron chi connectivity index (χ4n) is 2.58. The van der Waals surface area contributed by atoms with E-state index >= 15 is 0 Å². The van der Waals surface area contributed by atoms with Gasteiger partial charge in [-0.25, -0.2) is 4.98 Å². The lowest BCUT2D eigenvalue weighted by Crippen LogP contribution is -2.17. The summed E-state index contributed by atoms with van der Waals surface area (Å²) in [6, 6.07) is 13.4. The molecule has 3 rings (SSSR count). The Balaban J connectivity index is 1.59. The van der Waals surface area contributed by atoms with Crippen LogP contribution in [0.25, 0.3) is 11.5 Å². The molecule has 0 saturated carbocycles. The van der Waals surface area contributed by atoms with E-state index in [9.17, 15) is 18.4 Å². The molecule has 0 amide bonds. The predicted molar refractivity (Wildman–Crippen MR) is 98.7 cm³/mol. The van der Waals surface area contributed by atoms with E-state index in [1.165, 1.54) is 24.5 Å². The van der Waals surface area contributed by atoms with E-state index in [1.54, 1.807) is 6.92 Å². The maximum Gasteiger partial charge on any atom is 0.387 e. The maximum atomic E-state index is 12.5. The van der Waals surface area contributed by atoms with Crippen molar-refractivity contribution in [3.8, 4) is 17.2 Å². The van der Waals surface area contributed by atoms with E-state index < -0.39 is 25.0 Å². The molecule has 1 heterocycles. The zero-order valence-corrected chi connectivity index (χ0v) is 15.4. The predicted octanol–water partition coefficient (Wildman–Crippen LogP) is 4.22. The van der Waals surface area contributed by atoms with Crippen LogP contribution in [0.5, 0.6) is 5.75 Å². The van der Waals surface area contributed by atoms with Crippen LogP contribution in [0.3, 0.4) is 0 Å². The van der Waals surface area contributed by atoms with E-state index in [0.717, 1.165) is 5.56 Å². The van der Waals surface area contributed by atoms with Crippen LogP contribution < -0.4 is 4.74 Å². The lowest BCUT2D eigenvalue weighted by molar-refractivity contribution is -0.141. The van der Waals surface area contributed by atoms with Crippen molar-refractivity contribution in [1.82, 2.24) is 4.98 Å². The smallest absolute Gasteiger partial charge is 0.387 e. The number of aromatic nitrogens is 1. The first kappa shape index (κ1) is 20.2.